The van der Waals surface area contributed by atoms with Gasteiger partial charge in [-0.05, 0) is 31.2 Å². The first-order chi connectivity index (χ1) is 10.1. The number of carbonyl (C=O) groups is 1. The van der Waals surface area contributed by atoms with Gasteiger partial charge in [-0.3, -0.25) is 9.20 Å². The van der Waals surface area contributed by atoms with Crippen LogP contribution in [0.5, 0.6) is 0 Å². The predicted octanol–water partition coefficient (Wildman–Crippen LogP) is 1.95. The zero-order valence-corrected chi connectivity index (χ0v) is 11.3. The van der Waals surface area contributed by atoms with E-state index in [4.69, 9.17) is 9.15 Å². The van der Waals surface area contributed by atoms with Crippen LogP contribution in [0.1, 0.15) is 21.9 Å². The van der Waals surface area contributed by atoms with Crippen molar-refractivity contribution in [2.24, 2.45) is 0 Å². The normalized spacial score (nSPS) is 10.7. The summed E-state index contributed by atoms with van der Waals surface area (Å²) < 4.78 is 11.5. The molecule has 0 bridgehead atoms. The molecule has 0 aliphatic rings. The molecule has 3 rings (SSSR count). The highest BCUT2D eigenvalue weighted by atomic mass is 16.5. The highest BCUT2D eigenvalue weighted by Crippen LogP contribution is 2.07. The first-order valence-corrected chi connectivity index (χ1v) is 6.34. The Labute approximate surface area is 119 Å². The molecule has 3 aromatic heterocycles. The largest absolute Gasteiger partial charge is 0.457 e. The molecular formula is C15H12N2O4. The first-order valence-electron chi connectivity index (χ1n) is 6.34. The molecule has 0 fully saturated rings. The summed E-state index contributed by atoms with van der Waals surface area (Å²) in [6.07, 6.45) is 1.39. The Morgan fingerprint density at radius 1 is 1.33 bits per heavy atom. The lowest BCUT2D eigenvalue weighted by Crippen LogP contribution is -2.18. The number of hydrogen-bond donors (Lipinski definition) is 0. The van der Waals surface area contributed by atoms with Crippen LogP contribution in [0, 0.1) is 6.92 Å². The van der Waals surface area contributed by atoms with E-state index in [-0.39, 0.29) is 17.9 Å². The summed E-state index contributed by atoms with van der Waals surface area (Å²) in [7, 11) is 0. The van der Waals surface area contributed by atoms with Crippen LogP contribution < -0.4 is 5.56 Å². The lowest BCUT2D eigenvalue weighted by atomic mass is 10.3. The maximum absolute atomic E-state index is 12.1. The van der Waals surface area contributed by atoms with Gasteiger partial charge in [-0.25, -0.2) is 9.78 Å². The fourth-order valence-corrected chi connectivity index (χ4v) is 2.04. The summed E-state index contributed by atoms with van der Waals surface area (Å²) in [6.45, 7) is 1.74. The van der Waals surface area contributed by atoms with Crippen molar-refractivity contribution in [2.45, 2.75) is 13.5 Å². The molecular weight excluding hydrogens is 272 g/mol. The number of rotatable bonds is 3. The van der Waals surface area contributed by atoms with Crippen molar-refractivity contribution in [2.75, 3.05) is 0 Å². The van der Waals surface area contributed by atoms with E-state index in [1.807, 2.05) is 19.1 Å². The van der Waals surface area contributed by atoms with Gasteiger partial charge in [0, 0.05) is 11.8 Å². The Hall–Kier alpha value is -2.89. The maximum atomic E-state index is 12.1. The highest BCUT2D eigenvalue weighted by molar-refractivity contribution is 5.86. The second-order valence-corrected chi connectivity index (χ2v) is 4.50. The number of esters is 1. The fourth-order valence-electron chi connectivity index (χ4n) is 2.04. The van der Waals surface area contributed by atoms with Crippen LogP contribution in [0.25, 0.3) is 5.65 Å². The topological polar surface area (TPSA) is 73.8 Å². The molecule has 21 heavy (non-hydrogen) atoms. The van der Waals surface area contributed by atoms with Gasteiger partial charge in [-0.1, -0.05) is 6.07 Å². The van der Waals surface area contributed by atoms with Crippen LogP contribution in [-0.2, 0) is 11.3 Å². The minimum Gasteiger partial charge on any atom is -0.457 e. The van der Waals surface area contributed by atoms with E-state index in [0.717, 1.165) is 5.69 Å². The number of furan rings is 1. The zero-order chi connectivity index (χ0) is 14.8. The van der Waals surface area contributed by atoms with Crippen LogP contribution in [0.15, 0.2) is 51.9 Å². The van der Waals surface area contributed by atoms with Gasteiger partial charge in [0.05, 0.1) is 12.0 Å². The molecule has 6 heteroatoms. The van der Waals surface area contributed by atoms with Crippen molar-refractivity contribution < 1.29 is 13.9 Å². The fraction of sp³-hybridized carbons (Fsp3) is 0.133. The molecule has 0 atom stereocenters. The first kappa shape index (κ1) is 13.1. The third-order valence-corrected chi connectivity index (χ3v) is 3.01. The monoisotopic (exact) mass is 284 g/mol. The average Bonchev–Trinajstić information content (AvgIpc) is 2.98. The summed E-state index contributed by atoms with van der Waals surface area (Å²) >= 11 is 0. The molecule has 0 aliphatic carbocycles. The molecule has 6 nitrogen and oxygen atoms in total. The third-order valence-electron chi connectivity index (χ3n) is 3.01. The molecule has 0 unspecified atom stereocenters. The number of carbonyl (C=O) groups excluding carboxylic acids is 1. The molecule has 0 amide bonds. The zero-order valence-electron chi connectivity index (χ0n) is 11.3. The average molecular weight is 284 g/mol. The van der Waals surface area contributed by atoms with Gasteiger partial charge in [0.25, 0.3) is 5.56 Å². The summed E-state index contributed by atoms with van der Waals surface area (Å²) in [4.78, 5) is 28.0. The summed E-state index contributed by atoms with van der Waals surface area (Å²) in [5.74, 6) is -0.477. The molecule has 0 saturated heterocycles. The van der Waals surface area contributed by atoms with Crippen LogP contribution in [0.2, 0.25) is 0 Å². The number of aromatic nitrogens is 2. The Kier molecular flexibility index (Phi) is 3.27. The Balaban J connectivity index is 1.85. The summed E-state index contributed by atoms with van der Waals surface area (Å²) in [5.41, 5.74) is 1.50. The lowest BCUT2D eigenvalue weighted by Gasteiger charge is -2.06. The quantitative estimate of drug-likeness (QED) is 0.687. The molecule has 0 radical (unpaired) electrons. The van der Waals surface area contributed by atoms with Crippen molar-refractivity contribution >= 4 is 11.6 Å². The molecule has 0 N–H and O–H groups in total. The van der Waals surface area contributed by atoms with Crippen molar-refractivity contribution in [1.82, 2.24) is 9.38 Å². The van der Waals surface area contributed by atoms with Crippen LogP contribution in [0.4, 0.5) is 0 Å². The van der Waals surface area contributed by atoms with Crippen LogP contribution >= 0.6 is 0 Å². The highest BCUT2D eigenvalue weighted by Gasteiger charge is 2.11. The van der Waals surface area contributed by atoms with E-state index in [2.05, 4.69) is 4.98 Å². The molecule has 0 aliphatic heterocycles. The van der Waals surface area contributed by atoms with Gasteiger partial charge in [0.2, 0.25) is 5.76 Å². The minimum atomic E-state index is -0.591. The van der Waals surface area contributed by atoms with E-state index in [0.29, 0.717) is 11.3 Å². The SMILES string of the molecule is Cc1cccc2nc(COC(=O)c3ccco3)cc(=O)n12. The molecule has 0 aromatic carbocycles. The molecule has 106 valence electrons. The van der Waals surface area contributed by atoms with Gasteiger partial charge in [0.1, 0.15) is 12.3 Å². The Morgan fingerprint density at radius 3 is 2.95 bits per heavy atom. The molecule has 3 aromatic rings. The van der Waals surface area contributed by atoms with Crippen molar-refractivity contribution in [3.8, 4) is 0 Å². The van der Waals surface area contributed by atoms with Gasteiger partial charge < -0.3 is 9.15 Å². The smallest absolute Gasteiger partial charge is 0.374 e. The number of fused-ring (bicyclic) bond motifs is 1. The number of pyridine rings is 1. The Morgan fingerprint density at radius 2 is 2.19 bits per heavy atom. The van der Waals surface area contributed by atoms with E-state index in [1.165, 1.54) is 22.8 Å². The second-order valence-electron chi connectivity index (χ2n) is 4.50. The van der Waals surface area contributed by atoms with Crippen molar-refractivity contribution in [3.63, 3.8) is 0 Å². The van der Waals surface area contributed by atoms with Gasteiger partial charge in [-0.2, -0.15) is 0 Å². The van der Waals surface area contributed by atoms with Crippen molar-refractivity contribution in [1.29, 1.82) is 0 Å². The predicted molar refractivity (Wildman–Crippen MR) is 74.0 cm³/mol. The summed E-state index contributed by atoms with van der Waals surface area (Å²) in [5, 5.41) is 0. The van der Waals surface area contributed by atoms with Crippen molar-refractivity contribution in [3.05, 3.63) is 70.2 Å². The molecule has 0 saturated carbocycles. The van der Waals surface area contributed by atoms with Crippen LogP contribution in [0.3, 0.4) is 0 Å². The van der Waals surface area contributed by atoms with E-state index in [1.54, 1.807) is 12.1 Å². The van der Waals surface area contributed by atoms with Gasteiger partial charge in [0.15, 0.2) is 0 Å². The van der Waals surface area contributed by atoms with E-state index < -0.39 is 5.97 Å². The second kappa shape index (κ2) is 5.24. The Bertz CT molecular complexity index is 850. The lowest BCUT2D eigenvalue weighted by molar-refractivity contribution is 0.0431. The molecule has 3 heterocycles. The minimum absolute atomic E-state index is 0.0841. The van der Waals surface area contributed by atoms with Gasteiger partial charge in [-0.15, -0.1) is 0 Å². The summed E-state index contributed by atoms with van der Waals surface area (Å²) in [6, 6.07) is 9.83. The number of hydrogen-bond acceptors (Lipinski definition) is 5. The third kappa shape index (κ3) is 2.55. The standard InChI is InChI=1S/C15H12N2O4/c1-10-4-2-6-13-16-11(8-14(18)17(10)13)9-21-15(19)12-5-3-7-20-12/h2-8H,9H2,1H3. The van der Waals surface area contributed by atoms with Gasteiger partial charge >= 0.3 is 5.97 Å². The maximum Gasteiger partial charge on any atom is 0.374 e. The van der Waals surface area contributed by atoms with E-state index in [9.17, 15) is 9.59 Å². The molecule has 0 spiro atoms. The van der Waals surface area contributed by atoms with Crippen LogP contribution in [-0.4, -0.2) is 15.4 Å². The number of ether oxygens (including phenoxy) is 1. The van der Waals surface area contributed by atoms with E-state index >= 15 is 0 Å². The number of aryl methyl sites for hydroxylation is 1. The number of nitrogens with zero attached hydrogens (tertiary/aromatic N) is 2.